The van der Waals surface area contributed by atoms with Gasteiger partial charge in [0.25, 0.3) is 0 Å². The van der Waals surface area contributed by atoms with Crippen LogP contribution >= 0.6 is 0 Å². The molecule has 17 heavy (non-hydrogen) atoms. The van der Waals surface area contributed by atoms with E-state index in [2.05, 4.69) is 21.8 Å². The van der Waals surface area contributed by atoms with Gasteiger partial charge in [0.15, 0.2) is 0 Å². The fourth-order valence-electron chi connectivity index (χ4n) is 2.21. The molecule has 0 saturated carbocycles. The maximum absolute atomic E-state index is 10.8. The fourth-order valence-corrected chi connectivity index (χ4v) is 2.21. The Bertz CT molecular complexity index is 435. The first-order valence-corrected chi connectivity index (χ1v) is 5.76. The molecular formula is C11H16N4O2. The first-order chi connectivity index (χ1) is 8.13. The number of nitrogen functional groups attached to an aromatic ring is 1. The van der Waals surface area contributed by atoms with Crippen molar-refractivity contribution < 1.29 is 9.90 Å². The number of aromatic carboxylic acids is 1. The first-order valence-electron chi connectivity index (χ1n) is 5.76. The van der Waals surface area contributed by atoms with Crippen molar-refractivity contribution in [1.82, 2.24) is 9.97 Å². The van der Waals surface area contributed by atoms with Gasteiger partial charge < -0.3 is 15.7 Å². The van der Waals surface area contributed by atoms with E-state index in [0.29, 0.717) is 12.0 Å². The standard InChI is InChI=1S/C11H16N4O2/c1-2-7-4-3-5-15(7)11-13-6-8(10(16)17)9(12)14-11/h6-7H,2-5H2,1H3,(H,16,17)(H2,12,13,14). The van der Waals surface area contributed by atoms with Crippen LogP contribution in [0.25, 0.3) is 0 Å². The number of nitrogens with zero attached hydrogens (tertiary/aromatic N) is 3. The number of hydrogen-bond donors (Lipinski definition) is 2. The Labute approximate surface area is 99.5 Å². The molecule has 6 heteroatoms. The van der Waals surface area contributed by atoms with E-state index in [-0.39, 0.29) is 11.4 Å². The van der Waals surface area contributed by atoms with Crippen molar-refractivity contribution in [1.29, 1.82) is 0 Å². The number of nitrogens with two attached hydrogens (primary N) is 1. The molecule has 2 rings (SSSR count). The Morgan fingerprint density at radius 3 is 3.06 bits per heavy atom. The maximum Gasteiger partial charge on any atom is 0.341 e. The number of aromatic nitrogens is 2. The zero-order valence-electron chi connectivity index (χ0n) is 9.76. The highest BCUT2D eigenvalue weighted by Crippen LogP contribution is 2.25. The molecule has 0 aliphatic carbocycles. The lowest BCUT2D eigenvalue weighted by Crippen LogP contribution is -2.30. The van der Waals surface area contributed by atoms with Gasteiger partial charge in [-0.05, 0) is 19.3 Å². The molecular weight excluding hydrogens is 220 g/mol. The van der Waals surface area contributed by atoms with Crippen LogP contribution in [0.1, 0.15) is 36.5 Å². The van der Waals surface area contributed by atoms with Crippen molar-refractivity contribution in [2.24, 2.45) is 0 Å². The molecule has 1 fully saturated rings. The van der Waals surface area contributed by atoms with Crippen LogP contribution in [0, 0.1) is 0 Å². The molecule has 0 bridgehead atoms. The van der Waals surface area contributed by atoms with Crippen molar-refractivity contribution >= 4 is 17.7 Å². The average molecular weight is 236 g/mol. The van der Waals surface area contributed by atoms with Crippen molar-refractivity contribution in [2.75, 3.05) is 17.2 Å². The number of hydrogen-bond acceptors (Lipinski definition) is 5. The highest BCUT2D eigenvalue weighted by atomic mass is 16.4. The van der Waals surface area contributed by atoms with Crippen LogP contribution in [0.2, 0.25) is 0 Å². The summed E-state index contributed by atoms with van der Waals surface area (Å²) in [5.74, 6) is -0.524. The summed E-state index contributed by atoms with van der Waals surface area (Å²) >= 11 is 0. The predicted octanol–water partition coefficient (Wildman–Crippen LogP) is 1.14. The molecule has 1 atom stereocenters. The molecule has 2 heterocycles. The molecule has 1 unspecified atom stereocenters. The Balaban J connectivity index is 2.28. The van der Waals surface area contributed by atoms with E-state index < -0.39 is 5.97 Å². The van der Waals surface area contributed by atoms with Gasteiger partial charge in [-0.15, -0.1) is 0 Å². The minimum atomic E-state index is -1.09. The van der Waals surface area contributed by atoms with Gasteiger partial charge in [-0.25, -0.2) is 9.78 Å². The smallest absolute Gasteiger partial charge is 0.341 e. The van der Waals surface area contributed by atoms with Gasteiger partial charge in [-0.2, -0.15) is 4.98 Å². The summed E-state index contributed by atoms with van der Waals surface area (Å²) < 4.78 is 0. The molecule has 92 valence electrons. The lowest BCUT2D eigenvalue weighted by atomic mass is 10.2. The van der Waals surface area contributed by atoms with E-state index in [1.54, 1.807) is 0 Å². The fraction of sp³-hybridized carbons (Fsp3) is 0.545. The van der Waals surface area contributed by atoms with Gasteiger partial charge >= 0.3 is 5.97 Å². The first kappa shape index (κ1) is 11.6. The number of carboxylic acids is 1. The Morgan fingerprint density at radius 2 is 2.47 bits per heavy atom. The third-order valence-electron chi connectivity index (χ3n) is 3.14. The van der Waals surface area contributed by atoms with Crippen LogP contribution in [0.3, 0.4) is 0 Å². The SMILES string of the molecule is CCC1CCCN1c1ncc(C(=O)O)c(N)n1. The van der Waals surface area contributed by atoms with E-state index in [4.69, 9.17) is 10.8 Å². The molecule has 1 aliphatic heterocycles. The largest absolute Gasteiger partial charge is 0.477 e. The molecule has 1 aromatic rings. The van der Waals surface area contributed by atoms with Crippen LogP contribution in [0.15, 0.2) is 6.20 Å². The number of rotatable bonds is 3. The highest BCUT2D eigenvalue weighted by molar-refractivity contribution is 5.92. The lowest BCUT2D eigenvalue weighted by molar-refractivity contribution is 0.0697. The van der Waals surface area contributed by atoms with E-state index >= 15 is 0 Å². The predicted molar refractivity (Wildman–Crippen MR) is 64.1 cm³/mol. The van der Waals surface area contributed by atoms with E-state index in [1.165, 1.54) is 6.20 Å². The molecule has 0 amide bonds. The summed E-state index contributed by atoms with van der Waals surface area (Å²) in [5.41, 5.74) is 5.58. The summed E-state index contributed by atoms with van der Waals surface area (Å²) in [6, 6.07) is 0.435. The normalized spacial score (nSPS) is 19.6. The van der Waals surface area contributed by atoms with Crippen molar-refractivity contribution in [3.63, 3.8) is 0 Å². The summed E-state index contributed by atoms with van der Waals surface area (Å²) in [7, 11) is 0. The minimum Gasteiger partial charge on any atom is -0.477 e. The Morgan fingerprint density at radius 1 is 1.71 bits per heavy atom. The third kappa shape index (κ3) is 2.15. The highest BCUT2D eigenvalue weighted by Gasteiger charge is 2.25. The molecule has 3 N–H and O–H groups in total. The molecule has 1 saturated heterocycles. The van der Waals surface area contributed by atoms with Gasteiger partial charge in [-0.3, -0.25) is 0 Å². The average Bonchev–Trinajstić information content (AvgIpc) is 2.76. The van der Waals surface area contributed by atoms with E-state index in [9.17, 15) is 4.79 Å². The van der Waals surface area contributed by atoms with Gasteiger partial charge in [0.05, 0.1) is 0 Å². The summed E-state index contributed by atoms with van der Waals surface area (Å²) in [6.07, 6.45) is 4.55. The van der Waals surface area contributed by atoms with Gasteiger partial charge in [0, 0.05) is 18.8 Å². The molecule has 0 aromatic carbocycles. The zero-order valence-corrected chi connectivity index (χ0v) is 9.76. The topological polar surface area (TPSA) is 92.3 Å². The second kappa shape index (κ2) is 4.57. The second-order valence-corrected chi connectivity index (χ2v) is 4.17. The Hall–Kier alpha value is -1.85. The van der Waals surface area contributed by atoms with Crippen molar-refractivity contribution in [3.8, 4) is 0 Å². The van der Waals surface area contributed by atoms with Gasteiger partial charge in [-0.1, -0.05) is 6.92 Å². The maximum atomic E-state index is 10.8. The number of carboxylic acid groups (broad SMARTS) is 1. The van der Waals surface area contributed by atoms with Crippen LogP contribution in [0.5, 0.6) is 0 Å². The van der Waals surface area contributed by atoms with Gasteiger partial charge in [0.2, 0.25) is 5.95 Å². The summed E-state index contributed by atoms with van der Waals surface area (Å²) in [4.78, 5) is 21.1. The minimum absolute atomic E-state index is 0.0317. The monoisotopic (exact) mass is 236 g/mol. The van der Waals surface area contributed by atoms with Crippen LogP contribution in [-0.4, -0.2) is 33.6 Å². The van der Waals surface area contributed by atoms with Crippen LogP contribution in [-0.2, 0) is 0 Å². The van der Waals surface area contributed by atoms with E-state index in [0.717, 1.165) is 25.8 Å². The summed E-state index contributed by atoms with van der Waals surface area (Å²) in [6.45, 7) is 3.03. The quantitative estimate of drug-likeness (QED) is 0.817. The number of carbonyl (C=O) groups is 1. The molecule has 1 aliphatic rings. The van der Waals surface area contributed by atoms with Crippen LogP contribution < -0.4 is 10.6 Å². The van der Waals surface area contributed by atoms with Crippen molar-refractivity contribution in [2.45, 2.75) is 32.2 Å². The molecule has 0 spiro atoms. The number of anilines is 2. The van der Waals surface area contributed by atoms with E-state index in [1.807, 2.05) is 0 Å². The van der Waals surface area contributed by atoms with Crippen molar-refractivity contribution in [3.05, 3.63) is 11.8 Å². The third-order valence-corrected chi connectivity index (χ3v) is 3.14. The zero-order chi connectivity index (χ0) is 12.4. The lowest BCUT2D eigenvalue weighted by Gasteiger charge is -2.23. The molecule has 6 nitrogen and oxygen atoms in total. The molecule has 0 radical (unpaired) electrons. The molecule has 1 aromatic heterocycles. The van der Waals surface area contributed by atoms with Gasteiger partial charge in [0.1, 0.15) is 11.4 Å². The van der Waals surface area contributed by atoms with Crippen LogP contribution in [0.4, 0.5) is 11.8 Å². The Kier molecular flexibility index (Phi) is 3.12. The second-order valence-electron chi connectivity index (χ2n) is 4.17. The summed E-state index contributed by atoms with van der Waals surface area (Å²) in [5, 5.41) is 8.85.